The van der Waals surface area contributed by atoms with Crippen LogP contribution in [0.25, 0.3) is 0 Å². The number of aromatic nitrogens is 2. The zero-order valence-electron chi connectivity index (χ0n) is 17.7. The SMILES string of the molecule is C[C@@]12COCCN1c1cc(OCc3ccc(Oc4ccc(F)c(F)c4)c(F)c3)nc(=O)n1C2. The van der Waals surface area contributed by atoms with Crippen LogP contribution in [-0.4, -0.2) is 34.8 Å². The van der Waals surface area contributed by atoms with Crippen LogP contribution < -0.4 is 20.1 Å². The van der Waals surface area contributed by atoms with E-state index in [-0.39, 0.29) is 29.5 Å². The van der Waals surface area contributed by atoms with E-state index in [1.807, 2.05) is 6.92 Å². The van der Waals surface area contributed by atoms with Gasteiger partial charge in [0.25, 0.3) is 0 Å². The molecule has 1 atom stereocenters. The molecular formula is C23H20F3N3O4. The fraction of sp³-hybridized carbons (Fsp3) is 0.304. The highest BCUT2D eigenvalue weighted by Crippen LogP contribution is 2.35. The standard InChI is InChI=1S/C23H20F3N3O4/c1-23-12-28-21(29(23)6-7-31-13-23)10-20(27-22(28)30)32-11-14-2-5-19(18(26)8-14)33-15-3-4-16(24)17(25)9-15/h2-5,8-10H,6-7,11-13H2,1H3/t23-/m1/s1. The molecule has 3 aromatic rings. The Kier molecular flexibility index (Phi) is 5.24. The van der Waals surface area contributed by atoms with E-state index in [2.05, 4.69) is 9.88 Å². The van der Waals surface area contributed by atoms with Gasteiger partial charge in [-0.15, -0.1) is 0 Å². The normalized spacial score (nSPS) is 19.2. The Bertz CT molecular complexity index is 1280. The van der Waals surface area contributed by atoms with Crippen molar-refractivity contribution in [3.63, 3.8) is 0 Å². The van der Waals surface area contributed by atoms with E-state index in [0.29, 0.717) is 31.9 Å². The summed E-state index contributed by atoms with van der Waals surface area (Å²) >= 11 is 0. The molecule has 2 aliphatic rings. The van der Waals surface area contributed by atoms with Gasteiger partial charge in [-0.1, -0.05) is 6.07 Å². The molecule has 1 saturated heterocycles. The summed E-state index contributed by atoms with van der Waals surface area (Å²) in [7, 11) is 0. The van der Waals surface area contributed by atoms with Crippen molar-refractivity contribution >= 4 is 5.82 Å². The maximum Gasteiger partial charge on any atom is 0.352 e. The molecule has 172 valence electrons. The average molecular weight is 459 g/mol. The first-order valence-corrected chi connectivity index (χ1v) is 10.3. The van der Waals surface area contributed by atoms with Crippen molar-refractivity contribution in [3.05, 3.63) is 76.0 Å². The van der Waals surface area contributed by atoms with Crippen LogP contribution in [-0.2, 0) is 17.9 Å². The van der Waals surface area contributed by atoms with E-state index < -0.39 is 23.1 Å². The number of halogens is 3. The third kappa shape index (κ3) is 4.02. The topological polar surface area (TPSA) is 65.8 Å². The third-order valence-corrected chi connectivity index (χ3v) is 5.77. The summed E-state index contributed by atoms with van der Waals surface area (Å²) < 4.78 is 59.0. The number of fused-ring (bicyclic) bond motifs is 3. The first kappa shape index (κ1) is 21.3. The number of benzene rings is 2. The average Bonchev–Trinajstić information content (AvgIpc) is 3.09. The molecule has 0 spiro atoms. The second kappa shape index (κ2) is 8.11. The smallest absolute Gasteiger partial charge is 0.352 e. The fourth-order valence-electron chi connectivity index (χ4n) is 4.12. The molecule has 0 radical (unpaired) electrons. The van der Waals surface area contributed by atoms with Crippen molar-refractivity contribution in [2.75, 3.05) is 24.7 Å². The molecule has 10 heteroatoms. The van der Waals surface area contributed by atoms with Gasteiger partial charge in [0.1, 0.15) is 18.2 Å². The van der Waals surface area contributed by atoms with Crippen LogP contribution in [0.4, 0.5) is 19.0 Å². The van der Waals surface area contributed by atoms with Gasteiger partial charge in [-0.3, -0.25) is 4.57 Å². The number of morpholine rings is 1. The van der Waals surface area contributed by atoms with Crippen LogP contribution in [0.5, 0.6) is 17.4 Å². The maximum atomic E-state index is 14.5. The van der Waals surface area contributed by atoms with Crippen LogP contribution in [0.2, 0.25) is 0 Å². The Morgan fingerprint density at radius 2 is 1.94 bits per heavy atom. The maximum absolute atomic E-state index is 14.5. The summed E-state index contributed by atoms with van der Waals surface area (Å²) in [5.41, 5.74) is -0.250. The van der Waals surface area contributed by atoms with Gasteiger partial charge in [0.2, 0.25) is 5.88 Å². The Labute approximate surface area is 186 Å². The van der Waals surface area contributed by atoms with Crippen LogP contribution in [0, 0.1) is 17.5 Å². The number of nitrogens with zero attached hydrogens (tertiary/aromatic N) is 3. The molecule has 1 aromatic heterocycles. The molecule has 0 unspecified atom stereocenters. The molecule has 0 aliphatic carbocycles. The summed E-state index contributed by atoms with van der Waals surface area (Å²) in [5, 5.41) is 0. The molecule has 0 amide bonds. The van der Waals surface area contributed by atoms with E-state index >= 15 is 0 Å². The molecule has 2 aromatic carbocycles. The van der Waals surface area contributed by atoms with Gasteiger partial charge >= 0.3 is 5.69 Å². The largest absolute Gasteiger partial charge is 0.473 e. The Morgan fingerprint density at radius 3 is 2.73 bits per heavy atom. The molecular weight excluding hydrogens is 439 g/mol. The predicted molar refractivity (Wildman–Crippen MR) is 112 cm³/mol. The van der Waals surface area contributed by atoms with Crippen molar-refractivity contribution in [1.29, 1.82) is 0 Å². The van der Waals surface area contributed by atoms with Crippen LogP contribution in [0.15, 0.2) is 47.3 Å². The van der Waals surface area contributed by atoms with Gasteiger partial charge in [0.05, 0.1) is 25.3 Å². The number of rotatable bonds is 5. The third-order valence-electron chi connectivity index (χ3n) is 5.77. The number of ether oxygens (including phenoxy) is 3. The number of hydrogen-bond acceptors (Lipinski definition) is 6. The highest BCUT2D eigenvalue weighted by atomic mass is 19.2. The lowest BCUT2D eigenvalue weighted by Crippen LogP contribution is -2.53. The summed E-state index contributed by atoms with van der Waals surface area (Å²) in [6.07, 6.45) is 0. The zero-order valence-corrected chi connectivity index (χ0v) is 17.7. The first-order valence-electron chi connectivity index (χ1n) is 10.3. The Morgan fingerprint density at radius 1 is 1.09 bits per heavy atom. The van der Waals surface area contributed by atoms with Gasteiger partial charge in [-0.25, -0.2) is 18.0 Å². The van der Waals surface area contributed by atoms with E-state index in [1.54, 1.807) is 16.7 Å². The molecule has 2 aliphatic heterocycles. The van der Waals surface area contributed by atoms with Crippen molar-refractivity contribution in [2.45, 2.75) is 25.6 Å². The van der Waals surface area contributed by atoms with E-state index in [4.69, 9.17) is 14.2 Å². The highest BCUT2D eigenvalue weighted by Gasteiger charge is 2.43. The lowest BCUT2D eigenvalue weighted by Gasteiger charge is -2.39. The van der Waals surface area contributed by atoms with Gasteiger partial charge in [0, 0.05) is 18.7 Å². The summed E-state index contributed by atoms with van der Waals surface area (Å²) in [6, 6.07) is 8.77. The van der Waals surface area contributed by atoms with Gasteiger partial charge in [-0.05, 0) is 36.8 Å². The molecule has 0 saturated carbocycles. The molecule has 5 rings (SSSR count). The second-order valence-corrected chi connectivity index (χ2v) is 8.25. The van der Waals surface area contributed by atoms with Gasteiger partial charge in [-0.2, -0.15) is 4.98 Å². The van der Waals surface area contributed by atoms with Crippen LogP contribution in [0.3, 0.4) is 0 Å². The molecule has 0 N–H and O–H groups in total. The zero-order chi connectivity index (χ0) is 23.2. The quantitative estimate of drug-likeness (QED) is 0.581. The first-order chi connectivity index (χ1) is 15.8. The lowest BCUT2D eigenvalue weighted by atomic mass is 10.0. The van der Waals surface area contributed by atoms with Crippen molar-refractivity contribution in [1.82, 2.24) is 9.55 Å². The summed E-state index contributed by atoms with van der Waals surface area (Å²) in [5.74, 6) is -2.13. The molecule has 1 fully saturated rings. The van der Waals surface area contributed by atoms with Crippen LogP contribution >= 0.6 is 0 Å². The minimum atomic E-state index is -1.09. The molecule has 0 bridgehead atoms. The van der Waals surface area contributed by atoms with Gasteiger partial charge < -0.3 is 19.1 Å². The lowest BCUT2D eigenvalue weighted by molar-refractivity contribution is 0.0586. The monoisotopic (exact) mass is 459 g/mol. The fourth-order valence-corrected chi connectivity index (χ4v) is 4.12. The van der Waals surface area contributed by atoms with E-state index in [1.165, 1.54) is 18.2 Å². The Balaban J connectivity index is 1.30. The van der Waals surface area contributed by atoms with E-state index in [0.717, 1.165) is 18.0 Å². The summed E-state index contributed by atoms with van der Waals surface area (Å²) in [4.78, 5) is 18.6. The second-order valence-electron chi connectivity index (χ2n) is 8.25. The van der Waals surface area contributed by atoms with Gasteiger partial charge in [0.15, 0.2) is 23.2 Å². The van der Waals surface area contributed by atoms with Crippen molar-refractivity contribution in [2.24, 2.45) is 0 Å². The minimum absolute atomic E-state index is 0.0291. The van der Waals surface area contributed by atoms with Crippen LogP contribution in [0.1, 0.15) is 12.5 Å². The number of anilines is 1. The van der Waals surface area contributed by atoms with Crippen molar-refractivity contribution < 1.29 is 27.4 Å². The predicted octanol–water partition coefficient (Wildman–Crippen LogP) is 3.64. The van der Waals surface area contributed by atoms with E-state index in [9.17, 15) is 18.0 Å². The number of hydrogen-bond donors (Lipinski definition) is 0. The molecule has 33 heavy (non-hydrogen) atoms. The van der Waals surface area contributed by atoms with Crippen molar-refractivity contribution in [3.8, 4) is 17.4 Å². The minimum Gasteiger partial charge on any atom is -0.473 e. The Hall–Kier alpha value is -3.53. The summed E-state index contributed by atoms with van der Waals surface area (Å²) in [6.45, 7) is 4.23. The highest BCUT2D eigenvalue weighted by molar-refractivity contribution is 5.50. The molecule has 7 nitrogen and oxygen atoms in total. The molecule has 3 heterocycles.